The first-order chi connectivity index (χ1) is 17.5. The highest BCUT2D eigenvalue weighted by molar-refractivity contribution is 5.88. The van der Waals surface area contributed by atoms with Gasteiger partial charge >= 0.3 is 23.7 Å². The second-order valence-electron chi connectivity index (χ2n) is 13.6. The third-order valence-electron chi connectivity index (χ3n) is 10.6. The predicted molar refractivity (Wildman–Crippen MR) is 118 cm³/mol. The molecule has 4 nitrogen and oxygen atoms in total. The Bertz CT molecular complexity index is 878. The lowest BCUT2D eigenvalue weighted by Crippen LogP contribution is -2.72. The molecule has 214 valence electrons. The Hall–Kier alpha value is -1.62. The molecule has 0 aliphatic heterocycles. The number of rotatable bonds is 7. The van der Waals surface area contributed by atoms with Gasteiger partial charge in [-0.05, 0) is 113 Å². The highest BCUT2D eigenvalue weighted by Crippen LogP contribution is 2.58. The maximum Gasteiger partial charge on any atom is 0.392 e. The second-order valence-corrected chi connectivity index (χ2v) is 13.6. The Kier molecular flexibility index (Phi) is 5.59. The summed E-state index contributed by atoms with van der Waals surface area (Å²) in [7, 11) is 0. The molecule has 2 amide bonds. The van der Waals surface area contributed by atoms with Gasteiger partial charge in [0.2, 0.25) is 0 Å². The predicted octanol–water partition coefficient (Wildman–Crippen LogP) is 5.70. The van der Waals surface area contributed by atoms with Crippen molar-refractivity contribution in [2.45, 2.75) is 112 Å². The molecule has 12 heteroatoms. The average Bonchev–Trinajstić information content (AvgIpc) is 2.76. The van der Waals surface area contributed by atoms with Crippen LogP contribution in [0.25, 0.3) is 0 Å². The number of nitrogens with one attached hydrogen (secondary N) is 2. The van der Waals surface area contributed by atoms with E-state index in [2.05, 4.69) is 0 Å². The summed E-state index contributed by atoms with van der Waals surface area (Å²) < 4.78 is 118. The molecule has 0 heterocycles. The normalized spacial score (nSPS) is 41.9. The topological polar surface area (TPSA) is 58.2 Å². The molecule has 0 aromatic carbocycles. The molecule has 8 aliphatic carbocycles. The molecule has 0 spiro atoms. The summed E-state index contributed by atoms with van der Waals surface area (Å²) in [4.78, 5) is 24.8. The van der Waals surface area contributed by atoms with Crippen LogP contribution in [-0.4, -0.2) is 46.6 Å². The van der Waals surface area contributed by atoms with Gasteiger partial charge in [0.1, 0.15) is 0 Å². The molecule has 8 aliphatic rings. The van der Waals surface area contributed by atoms with E-state index in [1.54, 1.807) is 0 Å². The van der Waals surface area contributed by atoms with Gasteiger partial charge in [0.25, 0.3) is 11.8 Å². The Morgan fingerprint density at radius 1 is 0.474 bits per heavy atom. The van der Waals surface area contributed by atoms with Crippen molar-refractivity contribution in [3.8, 4) is 0 Å². The van der Waals surface area contributed by atoms with Crippen molar-refractivity contribution in [2.24, 2.45) is 35.5 Å². The third-order valence-corrected chi connectivity index (χ3v) is 10.6. The molecule has 0 unspecified atom stereocenters. The first kappa shape index (κ1) is 26.6. The smallest absolute Gasteiger partial charge is 0.345 e. The van der Waals surface area contributed by atoms with Crippen molar-refractivity contribution in [1.29, 1.82) is 0 Å². The fraction of sp³-hybridized carbons (Fsp3) is 0.923. The van der Waals surface area contributed by atoms with E-state index in [0.717, 1.165) is 38.5 Å². The Morgan fingerprint density at radius 3 is 0.895 bits per heavy atom. The molecule has 0 atom stereocenters. The Morgan fingerprint density at radius 2 is 0.684 bits per heavy atom. The highest BCUT2D eigenvalue weighted by atomic mass is 19.4. The van der Waals surface area contributed by atoms with Crippen molar-refractivity contribution in [1.82, 2.24) is 10.6 Å². The standard InChI is InChI=1S/C26H32F8N2O2/c27-23(28,19(37)35-21-7-13-1-14(8-21)3-15(2-13)9-21)25(31,32)26(33,34)24(29,30)20(38)36-22-10-16-4-17(11-22)6-18(5-16)12-22/h13-18H,1-12H2,(H,35,37)(H,36,38). The SMILES string of the molecule is O=C(NC12CC3CC(CC(C3)C1)C2)C(F)(F)C(F)(F)C(F)(F)C(F)(F)C(=O)NC12CC3CC(CC(C3)C1)C2. The van der Waals surface area contributed by atoms with E-state index in [1.165, 1.54) is 0 Å². The minimum absolute atomic E-state index is 0.106. The van der Waals surface area contributed by atoms with Gasteiger partial charge in [0.15, 0.2) is 0 Å². The minimum Gasteiger partial charge on any atom is -0.345 e. The maximum atomic E-state index is 14.8. The number of carbonyl (C=O) groups excluding carboxylic acids is 2. The molecule has 8 rings (SSSR count). The molecular weight excluding hydrogens is 524 g/mol. The molecule has 8 fully saturated rings. The summed E-state index contributed by atoms with van der Waals surface area (Å²) in [6, 6.07) is 0. The van der Waals surface area contributed by atoms with Crippen LogP contribution in [0.5, 0.6) is 0 Å². The molecular formula is C26H32F8N2O2. The number of amides is 2. The van der Waals surface area contributed by atoms with Crippen LogP contribution < -0.4 is 10.6 Å². The fourth-order valence-corrected chi connectivity index (χ4v) is 9.85. The van der Waals surface area contributed by atoms with Crippen LogP contribution in [0.4, 0.5) is 35.1 Å². The van der Waals surface area contributed by atoms with E-state index in [9.17, 15) is 44.7 Å². The summed E-state index contributed by atoms with van der Waals surface area (Å²) in [5, 5.41) is 3.76. The van der Waals surface area contributed by atoms with E-state index >= 15 is 0 Å². The van der Waals surface area contributed by atoms with E-state index in [1.807, 2.05) is 10.6 Å². The first-order valence-electron chi connectivity index (χ1n) is 13.6. The van der Waals surface area contributed by atoms with Crippen molar-refractivity contribution < 1.29 is 44.7 Å². The van der Waals surface area contributed by atoms with Crippen LogP contribution >= 0.6 is 0 Å². The minimum atomic E-state index is -6.82. The van der Waals surface area contributed by atoms with E-state index in [4.69, 9.17) is 0 Å². The molecule has 38 heavy (non-hydrogen) atoms. The van der Waals surface area contributed by atoms with Crippen LogP contribution in [0.3, 0.4) is 0 Å². The molecule has 0 radical (unpaired) electrons. The zero-order chi connectivity index (χ0) is 27.5. The van der Waals surface area contributed by atoms with Gasteiger partial charge in [0.05, 0.1) is 0 Å². The first-order valence-corrected chi connectivity index (χ1v) is 13.6. The van der Waals surface area contributed by atoms with Gasteiger partial charge in [-0.25, -0.2) is 0 Å². The molecule has 0 saturated heterocycles. The fourth-order valence-electron chi connectivity index (χ4n) is 9.85. The quantitative estimate of drug-likeness (QED) is 0.396. The number of hydrogen-bond donors (Lipinski definition) is 2. The summed E-state index contributed by atoms with van der Waals surface area (Å²) in [5.74, 6) is -30.8. The largest absolute Gasteiger partial charge is 0.392 e. The lowest BCUT2D eigenvalue weighted by molar-refractivity contribution is -0.348. The van der Waals surface area contributed by atoms with Gasteiger partial charge in [-0.2, -0.15) is 35.1 Å². The lowest BCUT2D eigenvalue weighted by Gasteiger charge is -2.57. The van der Waals surface area contributed by atoms with Crippen LogP contribution in [-0.2, 0) is 9.59 Å². The summed E-state index contributed by atoms with van der Waals surface area (Å²) in [5.41, 5.74) is -2.47. The van der Waals surface area contributed by atoms with Gasteiger partial charge < -0.3 is 10.6 Å². The highest BCUT2D eigenvalue weighted by Gasteiger charge is 2.85. The van der Waals surface area contributed by atoms with Gasteiger partial charge in [0, 0.05) is 11.1 Å². The van der Waals surface area contributed by atoms with Crippen LogP contribution in [0.1, 0.15) is 77.0 Å². The van der Waals surface area contributed by atoms with Crippen molar-refractivity contribution in [3.05, 3.63) is 0 Å². The van der Waals surface area contributed by atoms with Crippen molar-refractivity contribution in [2.75, 3.05) is 0 Å². The molecule has 8 bridgehead atoms. The molecule has 8 saturated carbocycles. The van der Waals surface area contributed by atoms with Crippen molar-refractivity contribution >= 4 is 11.8 Å². The van der Waals surface area contributed by atoms with E-state index < -0.39 is 46.6 Å². The van der Waals surface area contributed by atoms with Crippen LogP contribution in [0.2, 0.25) is 0 Å². The van der Waals surface area contributed by atoms with Crippen LogP contribution in [0.15, 0.2) is 0 Å². The Balaban J connectivity index is 1.20. The number of hydrogen-bond acceptors (Lipinski definition) is 2. The van der Waals surface area contributed by atoms with E-state index in [-0.39, 0.29) is 74.0 Å². The zero-order valence-corrected chi connectivity index (χ0v) is 20.8. The van der Waals surface area contributed by atoms with Crippen LogP contribution in [0, 0.1) is 35.5 Å². The number of alkyl halides is 8. The number of halogens is 8. The summed E-state index contributed by atoms with van der Waals surface area (Å²) in [6.45, 7) is 0. The maximum absolute atomic E-state index is 14.8. The van der Waals surface area contributed by atoms with Gasteiger partial charge in [-0.15, -0.1) is 0 Å². The number of carbonyl (C=O) groups is 2. The average molecular weight is 557 g/mol. The summed E-state index contributed by atoms with van der Waals surface area (Å²) >= 11 is 0. The zero-order valence-electron chi connectivity index (χ0n) is 20.8. The molecule has 0 aromatic heterocycles. The lowest BCUT2D eigenvalue weighted by atomic mass is 9.53. The Labute approximate surface area is 215 Å². The molecule has 0 aromatic rings. The second kappa shape index (κ2) is 7.98. The third kappa shape index (κ3) is 3.73. The summed E-state index contributed by atoms with van der Waals surface area (Å²) in [6.07, 6.45) is 6.48. The van der Waals surface area contributed by atoms with Gasteiger partial charge in [-0.3, -0.25) is 9.59 Å². The molecule has 2 N–H and O–H groups in total. The van der Waals surface area contributed by atoms with Crippen molar-refractivity contribution in [3.63, 3.8) is 0 Å². The van der Waals surface area contributed by atoms with E-state index in [0.29, 0.717) is 0 Å². The monoisotopic (exact) mass is 556 g/mol. The van der Waals surface area contributed by atoms with Gasteiger partial charge in [-0.1, -0.05) is 0 Å².